The smallest absolute Gasteiger partial charge is 0.123 e. The topological polar surface area (TPSA) is 29.3 Å². The Morgan fingerprint density at radius 1 is 1.22 bits per heavy atom. The third-order valence-corrected chi connectivity index (χ3v) is 3.26. The summed E-state index contributed by atoms with van der Waals surface area (Å²) in [6, 6.07) is 6.74. The molecule has 3 heteroatoms. The normalized spacial score (nSPS) is 12.9. The molecule has 102 valence electrons. The van der Waals surface area contributed by atoms with E-state index in [1.807, 2.05) is 12.1 Å². The van der Waals surface area contributed by atoms with Gasteiger partial charge in [0.25, 0.3) is 0 Å². The molecule has 2 nitrogen and oxygen atoms in total. The highest BCUT2D eigenvalue weighted by Crippen LogP contribution is 2.11. The lowest BCUT2D eigenvalue weighted by Gasteiger charge is -2.18. The van der Waals surface area contributed by atoms with Crippen molar-refractivity contribution in [2.75, 3.05) is 20.1 Å². The molecule has 0 spiro atoms. The maximum absolute atomic E-state index is 12.8. The molecule has 1 aromatic carbocycles. The van der Waals surface area contributed by atoms with Crippen molar-refractivity contribution in [3.63, 3.8) is 0 Å². The zero-order valence-electron chi connectivity index (χ0n) is 11.5. The van der Waals surface area contributed by atoms with E-state index in [0.29, 0.717) is 5.92 Å². The van der Waals surface area contributed by atoms with Crippen LogP contribution in [0.3, 0.4) is 0 Å². The molecule has 0 aliphatic rings. The first-order valence-electron chi connectivity index (χ1n) is 6.75. The Kier molecular flexibility index (Phi) is 6.91. The highest BCUT2D eigenvalue weighted by Gasteiger charge is 2.04. The molecule has 0 aromatic heterocycles. The SMILES string of the molecule is CC(CCN)CCCN(C)Cc1ccc(F)cc1. The molecular formula is C15H25FN2. The van der Waals surface area contributed by atoms with E-state index in [-0.39, 0.29) is 5.82 Å². The summed E-state index contributed by atoms with van der Waals surface area (Å²) in [5.41, 5.74) is 6.70. The molecule has 18 heavy (non-hydrogen) atoms. The number of hydrogen-bond acceptors (Lipinski definition) is 2. The molecule has 0 bridgehead atoms. The van der Waals surface area contributed by atoms with Gasteiger partial charge in [0.15, 0.2) is 0 Å². The summed E-state index contributed by atoms with van der Waals surface area (Å²) in [6.45, 7) is 5.00. The van der Waals surface area contributed by atoms with Crippen molar-refractivity contribution < 1.29 is 4.39 Å². The number of rotatable bonds is 8. The molecule has 1 aromatic rings. The van der Waals surface area contributed by atoms with Crippen LogP contribution in [-0.2, 0) is 6.54 Å². The number of benzene rings is 1. The van der Waals surface area contributed by atoms with E-state index >= 15 is 0 Å². The van der Waals surface area contributed by atoms with Crippen LogP contribution >= 0.6 is 0 Å². The number of nitrogens with zero attached hydrogens (tertiary/aromatic N) is 1. The second kappa shape index (κ2) is 8.22. The summed E-state index contributed by atoms with van der Waals surface area (Å²) in [5, 5.41) is 0. The van der Waals surface area contributed by atoms with Gasteiger partial charge in [-0.1, -0.05) is 19.1 Å². The molecule has 0 heterocycles. The molecule has 1 atom stereocenters. The van der Waals surface area contributed by atoms with Gasteiger partial charge in [0.1, 0.15) is 5.82 Å². The predicted molar refractivity (Wildman–Crippen MR) is 74.8 cm³/mol. The van der Waals surface area contributed by atoms with Crippen LogP contribution in [0.2, 0.25) is 0 Å². The molecule has 0 amide bonds. The maximum atomic E-state index is 12.8. The summed E-state index contributed by atoms with van der Waals surface area (Å²) in [4.78, 5) is 2.28. The van der Waals surface area contributed by atoms with Crippen LogP contribution in [0.25, 0.3) is 0 Å². The average molecular weight is 252 g/mol. The van der Waals surface area contributed by atoms with Gasteiger partial charge in [-0.15, -0.1) is 0 Å². The minimum atomic E-state index is -0.169. The van der Waals surface area contributed by atoms with Crippen LogP contribution in [0.4, 0.5) is 4.39 Å². The van der Waals surface area contributed by atoms with Crippen molar-refractivity contribution in [1.82, 2.24) is 4.90 Å². The zero-order valence-corrected chi connectivity index (χ0v) is 11.5. The molecular weight excluding hydrogens is 227 g/mol. The first-order chi connectivity index (χ1) is 8.61. The number of hydrogen-bond donors (Lipinski definition) is 1. The Morgan fingerprint density at radius 3 is 2.50 bits per heavy atom. The van der Waals surface area contributed by atoms with Crippen LogP contribution in [0.15, 0.2) is 24.3 Å². The fourth-order valence-corrected chi connectivity index (χ4v) is 2.12. The molecule has 2 N–H and O–H groups in total. The second-order valence-electron chi connectivity index (χ2n) is 5.19. The van der Waals surface area contributed by atoms with Crippen molar-refractivity contribution in [2.24, 2.45) is 11.7 Å². The first kappa shape index (κ1) is 15.1. The van der Waals surface area contributed by atoms with E-state index in [2.05, 4.69) is 18.9 Å². The van der Waals surface area contributed by atoms with Gasteiger partial charge in [-0.25, -0.2) is 4.39 Å². The molecule has 0 aliphatic carbocycles. The summed E-state index contributed by atoms with van der Waals surface area (Å²) in [5.74, 6) is 0.547. The third kappa shape index (κ3) is 6.12. The van der Waals surface area contributed by atoms with Crippen LogP contribution in [-0.4, -0.2) is 25.0 Å². The number of halogens is 1. The zero-order chi connectivity index (χ0) is 13.4. The molecule has 0 fully saturated rings. The summed E-state index contributed by atoms with van der Waals surface area (Å²) in [7, 11) is 2.11. The van der Waals surface area contributed by atoms with Gasteiger partial charge in [0, 0.05) is 6.54 Å². The minimum absolute atomic E-state index is 0.169. The summed E-state index contributed by atoms with van der Waals surface area (Å²) < 4.78 is 12.8. The molecule has 0 aliphatic heterocycles. The second-order valence-corrected chi connectivity index (χ2v) is 5.19. The summed E-state index contributed by atoms with van der Waals surface area (Å²) >= 11 is 0. The van der Waals surface area contributed by atoms with E-state index in [4.69, 9.17) is 5.73 Å². The van der Waals surface area contributed by atoms with E-state index < -0.39 is 0 Å². The lowest BCUT2D eigenvalue weighted by atomic mass is 10.0. The fourth-order valence-electron chi connectivity index (χ4n) is 2.12. The quantitative estimate of drug-likeness (QED) is 0.770. The van der Waals surface area contributed by atoms with Crippen molar-refractivity contribution in [1.29, 1.82) is 0 Å². The summed E-state index contributed by atoms with van der Waals surface area (Å²) in [6.07, 6.45) is 3.53. The van der Waals surface area contributed by atoms with Crippen LogP contribution < -0.4 is 5.73 Å². The standard InChI is InChI=1S/C15H25FN2/c1-13(9-10-17)4-3-11-18(2)12-14-5-7-15(16)8-6-14/h5-8,13H,3-4,9-12,17H2,1-2H3. The highest BCUT2D eigenvalue weighted by atomic mass is 19.1. The van der Waals surface area contributed by atoms with Crippen molar-refractivity contribution in [2.45, 2.75) is 32.7 Å². The van der Waals surface area contributed by atoms with Gasteiger partial charge in [0.05, 0.1) is 0 Å². The maximum Gasteiger partial charge on any atom is 0.123 e. The molecule has 0 saturated carbocycles. The Labute approximate surface area is 110 Å². The van der Waals surface area contributed by atoms with Crippen molar-refractivity contribution in [3.05, 3.63) is 35.6 Å². The average Bonchev–Trinajstić information content (AvgIpc) is 2.32. The Balaban J connectivity index is 2.21. The fraction of sp³-hybridized carbons (Fsp3) is 0.600. The van der Waals surface area contributed by atoms with Gasteiger partial charge >= 0.3 is 0 Å². The molecule has 1 rings (SSSR count). The van der Waals surface area contributed by atoms with Crippen LogP contribution in [0, 0.1) is 11.7 Å². The van der Waals surface area contributed by atoms with Gasteiger partial charge < -0.3 is 10.6 Å². The lowest BCUT2D eigenvalue weighted by Crippen LogP contribution is -2.19. The Morgan fingerprint density at radius 2 is 1.89 bits per heavy atom. The monoisotopic (exact) mass is 252 g/mol. The predicted octanol–water partition coefficient (Wildman–Crippen LogP) is 3.02. The van der Waals surface area contributed by atoms with E-state index in [1.165, 1.54) is 25.0 Å². The van der Waals surface area contributed by atoms with Gasteiger partial charge in [-0.05, 0) is 63.0 Å². The Bertz CT molecular complexity index is 324. The number of nitrogens with two attached hydrogens (primary N) is 1. The van der Waals surface area contributed by atoms with Crippen LogP contribution in [0.5, 0.6) is 0 Å². The van der Waals surface area contributed by atoms with Gasteiger partial charge in [0.2, 0.25) is 0 Å². The largest absolute Gasteiger partial charge is 0.330 e. The molecule has 0 saturated heterocycles. The minimum Gasteiger partial charge on any atom is -0.330 e. The Hall–Kier alpha value is -0.930. The third-order valence-electron chi connectivity index (χ3n) is 3.26. The lowest BCUT2D eigenvalue weighted by molar-refractivity contribution is 0.306. The van der Waals surface area contributed by atoms with Crippen molar-refractivity contribution >= 4 is 0 Å². The van der Waals surface area contributed by atoms with E-state index in [9.17, 15) is 4.39 Å². The van der Waals surface area contributed by atoms with Gasteiger partial charge in [-0.2, -0.15) is 0 Å². The molecule has 0 radical (unpaired) electrons. The molecule has 1 unspecified atom stereocenters. The van der Waals surface area contributed by atoms with E-state index in [0.717, 1.165) is 31.6 Å². The highest BCUT2D eigenvalue weighted by molar-refractivity contribution is 5.15. The van der Waals surface area contributed by atoms with E-state index in [1.54, 1.807) is 0 Å². The van der Waals surface area contributed by atoms with Crippen molar-refractivity contribution in [3.8, 4) is 0 Å². The first-order valence-corrected chi connectivity index (χ1v) is 6.75. The van der Waals surface area contributed by atoms with Gasteiger partial charge in [-0.3, -0.25) is 0 Å². The van der Waals surface area contributed by atoms with Crippen LogP contribution in [0.1, 0.15) is 31.7 Å².